The molecule has 0 spiro atoms. The predicted molar refractivity (Wildman–Crippen MR) is 124 cm³/mol. The lowest BCUT2D eigenvalue weighted by Gasteiger charge is -2.38. The first-order valence-corrected chi connectivity index (χ1v) is 11.2. The molecule has 1 aliphatic rings. The van der Waals surface area contributed by atoms with Gasteiger partial charge >= 0.3 is 12.1 Å². The Kier molecular flexibility index (Phi) is 8.43. The number of carbonyl (C=O) groups is 2. The lowest BCUT2D eigenvalue weighted by molar-refractivity contribution is -0.142. The van der Waals surface area contributed by atoms with E-state index in [9.17, 15) is 9.59 Å². The Morgan fingerprint density at radius 3 is 2.36 bits per heavy atom. The summed E-state index contributed by atoms with van der Waals surface area (Å²) in [6, 6.07) is 15.9. The summed E-state index contributed by atoms with van der Waals surface area (Å²) in [4.78, 5) is 33.0. The molecule has 0 radical (unpaired) electrons. The fourth-order valence-corrected chi connectivity index (χ4v) is 3.53. The van der Waals surface area contributed by atoms with E-state index in [4.69, 9.17) is 20.0 Å². The first-order valence-electron chi connectivity index (χ1n) is 11.2. The third-order valence-corrected chi connectivity index (χ3v) is 5.19. The number of rotatable bonds is 7. The number of benzene rings is 2. The Hall–Kier alpha value is -2.94. The largest absolute Gasteiger partial charge is 0.444 e. The number of nitrogens with one attached hydrogen (secondary N) is 1. The van der Waals surface area contributed by atoms with Gasteiger partial charge in [0.25, 0.3) is 0 Å². The van der Waals surface area contributed by atoms with E-state index in [0.29, 0.717) is 31.7 Å². The monoisotopic (exact) mass is 455 g/mol. The minimum Gasteiger partial charge on any atom is -0.444 e. The number of likely N-dealkylation sites (tertiary alicyclic amines) is 1. The molecule has 8 nitrogen and oxygen atoms in total. The molecule has 3 rings (SSSR count). The van der Waals surface area contributed by atoms with Gasteiger partial charge in [-0.25, -0.2) is 9.59 Å². The third-order valence-electron chi connectivity index (χ3n) is 5.19. The first kappa shape index (κ1) is 24.7. The van der Waals surface area contributed by atoms with Gasteiger partial charge in [-0.05, 0) is 56.9 Å². The predicted octanol–water partition coefficient (Wildman–Crippen LogP) is 3.54. The second-order valence-corrected chi connectivity index (χ2v) is 9.08. The van der Waals surface area contributed by atoms with Gasteiger partial charge in [0.05, 0.1) is 12.6 Å². The molecule has 178 valence electrons. The van der Waals surface area contributed by atoms with E-state index in [-0.39, 0.29) is 12.6 Å². The number of esters is 1. The van der Waals surface area contributed by atoms with Crippen molar-refractivity contribution in [2.45, 2.75) is 64.4 Å². The second kappa shape index (κ2) is 11.3. The van der Waals surface area contributed by atoms with E-state index < -0.39 is 23.7 Å². The van der Waals surface area contributed by atoms with Gasteiger partial charge in [-0.3, -0.25) is 9.74 Å². The van der Waals surface area contributed by atoms with Crippen LogP contribution in [-0.2, 0) is 27.5 Å². The Morgan fingerprint density at radius 1 is 1.03 bits per heavy atom. The van der Waals surface area contributed by atoms with E-state index in [1.165, 1.54) is 4.90 Å². The highest BCUT2D eigenvalue weighted by atomic mass is 16.6. The summed E-state index contributed by atoms with van der Waals surface area (Å²) in [6.07, 6.45) is 0.503. The van der Waals surface area contributed by atoms with Crippen LogP contribution in [0.1, 0.15) is 44.7 Å². The average molecular weight is 456 g/mol. The van der Waals surface area contributed by atoms with Crippen molar-refractivity contribution in [2.75, 3.05) is 6.54 Å². The van der Waals surface area contributed by atoms with Crippen molar-refractivity contribution >= 4 is 12.1 Å². The van der Waals surface area contributed by atoms with E-state index in [1.54, 1.807) is 45.0 Å². The quantitative estimate of drug-likeness (QED) is 0.374. The lowest BCUT2D eigenvalue weighted by atomic mass is 9.99. The number of piperidine rings is 1. The topological polar surface area (TPSA) is 103 Å². The van der Waals surface area contributed by atoms with E-state index >= 15 is 0 Å². The molecule has 2 aromatic rings. The smallest absolute Gasteiger partial charge is 0.411 e. The van der Waals surface area contributed by atoms with Gasteiger partial charge in [-0.2, -0.15) is 5.48 Å². The summed E-state index contributed by atoms with van der Waals surface area (Å²) < 4.78 is 11.1. The minimum absolute atomic E-state index is 0.144. The molecular weight excluding hydrogens is 422 g/mol. The third kappa shape index (κ3) is 7.56. The van der Waals surface area contributed by atoms with Crippen LogP contribution in [0, 0.1) is 0 Å². The van der Waals surface area contributed by atoms with Gasteiger partial charge < -0.3 is 15.2 Å². The summed E-state index contributed by atoms with van der Waals surface area (Å²) in [5, 5.41) is 0. The van der Waals surface area contributed by atoms with Crippen LogP contribution in [0.15, 0.2) is 54.6 Å². The molecule has 0 aromatic heterocycles. The lowest BCUT2D eigenvalue weighted by Crippen LogP contribution is -2.57. The number of nitrogens with zero attached hydrogens (tertiary/aromatic N) is 1. The molecule has 1 fully saturated rings. The standard InChI is InChI=1S/C25H33N3O5/c1-25(2,3)33-24(30)28-16-20(27-31-17-19-7-5-4-6-8-19)11-14-22(28)23(29)32-21-12-9-18(15-26)10-13-21/h4-10,12-13,20,22,27H,11,14-17,26H2,1-3H3/t20-,22+/m1/s1. The van der Waals surface area contributed by atoms with Crippen LogP contribution in [0.25, 0.3) is 0 Å². The number of nitrogens with two attached hydrogens (primary N) is 1. The number of carbonyl (C=O) groups excluding carboxylic acids is 2. The van der Waals surface area contributed by atoms with Crippen LogP contribution in [0.3, 0.4) is 0 Å². The van der Waals surface area contributed by atoms with Crippen molar-refractivity contribution in [3.05, 3.63) is 65.7 Å². The van der Waals surface area contributed by atoms with Crippen molar-refractivity contribution in [2.24, 2.45) is 5.73 Å². The van der Waals surface area contributed by atoms with Crippen molar-refractivity contribution < 1.29 is 23.9 Å². The van der Waals surface area contributed by atoms with Gasteiger partial charge in [-0.15, -0.1) is 0 Å². The highest BCUT2D eigenvalue weighted by Gasteiger charge is 2.39. The van der Waals surface area contributed by atoms with Crippen molar-refractivity contribution in [3.8, 4) is 5.75 Å². The number of amides is 1. The molecular formula is C25H33N3O5. The molecule has 0 aliphatic carbocycles. The molecule has 0 unspecified atom stereocenters. The molecule has 0 saturated carbocycles. The van der Waals surface area contributed by atoms with Gasteiger partial charge in [0.15, 0.2) is 0 Å². The van der Waals surface area contributed by atoms with Crippen LogP contribution in [-0.4, -0.2) is 41.2 Å². The van der Waals surface area contributed by atoms with Crippen molar-refractivity contribution in [1.82, 2.24) is 10.4 Å². The second-order valence-electron chi connectivity index (χ2n) is 9.08. The SMILES string of the molecule is CC(C)(C)OC(=O)N1C[C@H](NOCc2ccccc2)CC[C@H]1C(=O)Oc1ccc(CN)cc1. The van der Waals surface area contributed by atoms with Crippen LogP contribution >= 0.6 is 0 Å². The average Bonchev–Trinajstić information content (AvgIpc) is 2.79. The highest BCUT2D eigenvalue weighted by molar-refractivity contribution is 5.83. The number of ether oxygens (including phenoxy) is 2. The molecule has 1 heterocycles. The number of hydrogen-bond donors (Lipinski definition) is 2. The Bertz CT molecular complexity index is 912. The first-order chi connectivity index (χ1) is 15.7. The molecule has 1 amide bonds. The van der Waals surface area contributed by atoms with Crippen molar-refractivity contribution in [3.63, 3.8) is 0 Å². The summed E-state index contributed by atoms with van der Waals surface area (Å²) in [5.74, 6) is -0.0854. The zero-order chi connectivity index (χ0) is 23.8. The normalized spacial score (nSPS) is 18.6. The maximum absolute atomic E-state index is 13.0. The van der Waals surface area contributed by atoms with Crippen LogP contribution in [0.2, 0.25) is 0 Å². The summed E-state index contributed by atoms with van der Waals surface area (Å²) in [7, 11) is 0. The number of hydroxylamine groups is 1. The zero-order valence-electron chi connectivity index (χ0n) is 19.5. The zero-order valence-corrected chi connectivity index (χ0v) is 19.5. The fraction of sp³-hybridized carbons (Fsp3) is 0.440. The Balaban J connectivity index is 1.64. The Morgan fingerprint density at radius 2 is 1.73 bits per heavy atom. The molecule has 8 heteroatoms. The number of hydrogen-bond acceptors (Lipinski definition) is 7. The van der Waals surface area contributed by atoms with E-state index in [1.807, 2.05) is 30.3 Å². The molecule has 1 aliphatic heterocycles. The maximum atomic E-state index is 13.0. The molecule has 33 heavy (non-hydrogen) atoms. The molecule has 2 aromatic carbocycles. The molecule has 1 saturated heterocycles. The minimum atomic E-state index is -0.749. The maximum Gasteiger partial charge on any atom is 0.411 e. The molecule has 3 N–H and O–H groups in total. The van der Waals surface area contributed by atoms with E-state index in [2.05, 4.69) is 5.48 Å². The van der Waals surface area contributed by atoms with Gasteiger partial charge in [0.2, 0.25) is 0 Å². The van der Waals surface area contributed by atoms with E-state index in [0.717, 1.165) is 11.1 Å². The highest BCUT2D eigenvalue weighted by Crippen LogP contribution is 2.23. The van der Waals surface area contributed by atoms with Crippen LogP contribution in [0.5, 0.6) is 5.75 Å². The van der Waals surface area contributed by atoms with Gasteiger partial charge in [0.1, 0.15) is 17.4 Å². The van der Waals surface area contributed by atoms with Crippen LogP contribution in [0.4, 0.5) is 4.79 Å². The van der Waals surface area contributed by atoms with Crippen molar-refractivity contribution in [1.29, 1.82) is 0 Å². The molecule has 2 atom stereocenters. The summed E-state index contributed by atoms with van der Waals surface area (Å²) in [5.41, 5.74) is 9.93. The van der Waals surface area contributed by atoms with Gasteiger partial charge in [0, 0.05) is 13.1 Å². The summed E-state index contributed by atoms with van der Waals surface area (Å²) in [6.45, 7) is 6.44. The Labute approximate surface area is 194 Å². The van der Waals surface area contributed by atoms with Crippen LogP contribution < -0.4 is 16.0 Å². The molecule has 0 bridgehead atoms. The summed E-state index contributed by atoms with van der Waals surface area (Å²) >= 11 is 0. The fourth-order valence-electron chi connectivity index (χ4n) is 3.53. The van der Waals surface area contributed by atoms with Gasteiger partial charge in [-0.1, -0.05) is 42.5 Å².